The maximum absolute atomic E-state index is 2.43. The lowest BCUT2D eigenvalue weighted by atomic mass is 10.0. The Labute approximate surface area is 255 Å². The summed E-state index contributed by atoms with van der Waals surface area (Å²) in [5, 5.41) is 0. The molecule has 0 radical (unpaired) electrons. The van der Waals surface area contributed by atoms with Gasteiger partial charge in [0.2, 0.25) is 0 Å². The highest BCUT2D eigenvalue weighted by Crippen LogP contribution is 2.15. The molecule has 1 heteroatoms. The number of rotatable bonds is 33. The third-order valence-electron chi connectivity index (χ3n) is 8.71. The van der Waals surface area contributed by atoms with E-state index in [0.717, 1.165) is 0 Å². The van der Waals surface area contributed by atoms with Gasteiger partial charge >= 0.3 is 0 Å². The van der Waals surface area contributed by atoms with Crippen LogP contribution in [-0.4, -0.2) is 25.0 Å². The molecule has 0 aromatic heterocycles. The summed E-state index contributed by atoms with van der Waals surface area (Å²) < 4.78 is 0. The van der Waals surface area contributed by atoms with Gasteiger partial charge in [0, 0.05) is 6.04 Å². The van der Waals surface area contributed by atoms with Crippen LogP contribution >= 0.6 is 0 Å². The van der Waals surface area contributed by atoms with E-state index in [1.165, 1.54) is 193 Å². The molecule has 0 atom stereocenters. The molecule has 0 aliphatic heterocycles. The molecule has 0 aliphatic rings. The van der Waals surface area contributed by atoms with Crippen LogP contribution in [0.5, 0.6) is 0 Å². The quantitative estimate of drug-likeness (QED) is 0.0571. The molecule has 238 valence electrons. The van der Waals surface area contributed by atoms with E-state index in [1.54, 1.807) is 0 Å². The van der Waals surface area contributed by atoms with Gasteiger partial charge in [-0.05, 0) is 39.8 Å². The minimum atomic E-state index is 0.457. The number of nitrogens with zero attached hydrogens (tertiary/aromatic N) is 1. The maximum Gasteiger partial charge on any atom is 0.0455 e. The first kappa shape index (κ1) is 39.4. The molecular weight excluding hydrogens is 482 g/mol. The van der Waals surface area contributed by atoms with Crippen molar-refractivity contribution in [3.8, 4) is 0 Å². The molecule has 0 aliphatic carbocycles. The highest BCUT2D eigenvalue weighted by atomic mass is 15.1. The largest absolute Gasteiger partial charge is 0.300 e. The van der Waals surface area contributed by atoms with Crippen LogP contribution in [0.2, 0.25) is 0 Å². The molecule has 0 fully saturated rings. The molecular formula is C39H77N. The summed E-state index contributed by atoms with van der Waals surface area (Å²) in [4.78, 5) is 2.34. The van der Waals surface area contributed by atoms with Gasteiger partial charge in [0.05, 0.1) is 0 Å². The molecule has 0 saturated heterocycles. The molecule has 0 bridgehead atoms. The Morgan fingerprint density at radius 2 is 0.575 bits per heavy atom. The second kappa shape index (κ2) is 34.6. The Morgan fingerprint density at radius 1 is 0.350 bits per heavy atom. The summed E-state index contributed by atoms with van der Waals surface area (Å²) in [6.07, 6.45) is 52.5. The second-order valence-electron chi connectivity index (χ2n) is 13.1. The predicted molar refractivity (Wildman–Crippen MR) is 186 cm³/mol. The summed E-state index contributed by atoms with van der Waals surface area (Å²) in [5.41, 5.74) is 0. The first-order chi connectivity index (χ1) is 19.7. The second-order valence-corrected chi connectivity index (χ2v) is 13.1. The first-order valence-electron chi connectivity index (χ1n) is 18.7. The zero-order valence-electron chi connectivity index (χ0n) is 28.5. The Bertz CT molecular complexity index is 463. The molecule has 0 heterocycles. The van der Waals surface area contributed by atoms with Crippen LogP contribution < -0.4 is 0 Å². The van der Waals surface area contributed by atoms with Crippen molar-refractivity contribution in [1.29, 1.82) is 0 Å². The summed E-state index contributed by atoms with van der Waals surface area (Å²) in [6, 6.07) is 0.457. The average molecular weight is 560 g/mol. The van der Waals surface area contributed by atoms with Gasteiger partial charge in [-0.1, -0.05) is 205 Å². The van der Waals surface area contributed by atoms with Crippen LogP contribution in [-0.2, 0) is 0 Å². The van der Waals surface area contributed by atoms with Crippen molar-refractivity contribution < 1.29 is 0 Å². The minimum absolute atomic E-state index is 0.457. The van der Waals surface area contributed by atoms with Crippen LogP contribution in [0.25, 0.3) is 0 Å². The molecule has 0 N–H and O–H groups in total. The number of hydrogen-bond acceptors (Lipinski definition) is 1. The molecule has 0 aromatic rings. The van der Waals surface area contributed by atoms with Crippen LogP contribution in [0.1, 0.15) is 206 Å². The van der Waals surface area contributed by atoms with Crippen LogP contribution in [0.15, 0.2) is 24.3 Å². The molecule has 0 spiro atoms. The highest BCUT2D eigenvalue weighted by Gasteiger charge is 2.02. The van der Waals surface area contributed by atoms with Crippen molar-refractivity contribution in [2.75, 3.05) is 14.1 Å². The normalized spacial score (nSPS) is 12.9. The van der Waals surface area contributed by atoms with E-state index >= 15 is 0 Å². The molecule has 0 unspecified atom stereocenters. The van der Waals surface area contributed by atoms with Crippen molar-refractivity contribution in [3.63, 3.8) is 0 Å². The summed E-state index contributed by atoms with van der Waals surface area (Å²) >= 11 is 0. The summed E-state index contributed by atoms with van der Waals surface area (Å²) in [6.45, 7) is 4.61. The minimum Gasteiger partial charge on any atom is -0.300 e. The van der Waals surface area contributed by atoms with Gasteiger partial charge in [0.1, 0.15) is 0 Å². The average Bonchev–Trinajstić information content (AvgIpc) is 2.95. The molecule has 0 rings (SSSR count). The Balaban J connectivity index is 3.52. The van der Waals surface area contributed by atoms with Gasteiger partial charge in [-0.2, -0.15) is 0 Å². The monoisotopic (exact) mass is 560 g/mol. The van der Waals surface area contributed by atoms with E-state index in [0.29, 0.717) is 6.04 Å². The molecule has 0 aromatic carbocycles. The Hall–Kier alpha value is -0.560. The number of allylic oxidation sites excluding steroid dienone is 2. The van der Waals surface area contributed by atoms with E-state index < -0.39 is 0 Å². The highest BCUT2D eigenvalue weighted by molar-refractivity contribution is 5.05. The molecule has 40 heavy (non-hydrogen) atoms. The fraction of sp³-hybridized carbons (Fsp3) is 0.897. The zero-order chi connectivity index (χ0) is 29.2. The summed E-state index contributed by atoms with van der Waals surface area (Å²) in [7, 11) is 4.41. The van der Waals surface area contributed by atoms with Crippen molar-refractivity contribution in [1.82, 2.24) is 4.90 Å². The SMILES string of the molecule is CCCCCCCCCCCCCCCCC=CC(C=CCCCCCCCCCCCCCCCC)N(C)C. The van der Waals surface area contributed by atoms with Gasteiger partial charge in [-0.3, -0.25) is 4.90 Å². The van der Waals surface area contributed by atoms with Gasteiger partial charge in [-0.15, -0.1) is 0 Å². The van der Waals surface area contributed by atoms with Crippen LogP contribution in [0, 0.1) is 0 Å². The lowest BCUT2D eigenvalue weighted by Gasteiger charge is -2.17. The van der Waals surface area contributed by atoms with Crippen molar-refractivity contribution in [2.24, 2.45) is 0 Å². The number of likely N-dealkylation sites (N-methyl/N-ethyl adjacent to an activating group) is 1. The molecule has 0 amide bonds. The van der Waals surface area contributed by atoms with Crippen molar-refractivity contribution >= 4 is 0 Å². The van der Waals surface area contributed by atoms with Gasteiger partial charge in [0.25, 0.3) is 0 Å². The smallest absolute Gasteiger partial charge is 0.0455 e. The topological polar surface area (TPSA) is 3.24 Å². The van der Waals surface area contributed by atoms with E-state index in [4.69, 9.17) is 0 Å². The van der Waals surface area contributed by atoms with E-state index in [-0.39, 0.29) is 0 Å². The Morgan fingerprint density at radius 3 is 0.800 bits per heavy atom. The summed E-state index contributed by atoms with van der Waals surface area (Å²) in [5.74, 6) is 0. The first-order valence-corrected chi connectivity index (χ1v) is 18.7. The maximum atomic E-state index is 2.43. The van der Waals surface area contributed by atoms with Crippen molar-refractivity contribution in [3.05, 3.63) is 24.3 Å². The third kappa shape index (κ3) is 32.0. The number of unbranched alkanes of at least 4 members (excludes halogenated alkanes) is 28. The van der Waals surface area contributed by atoms with E-state index in [2.05, 4.69) is 57.1 Å². The standard InChI is InChI=1S/C39H77N/c1-5-7-9-11-13-15-17-19-21-23-25-27-29-31-33-35-37-39(40(3)4)38-36-34-32-30-28-26-24-22-20-18-16-14-12-10-8-6-2/h35-39H,5-34H2,1-4H3. The zero-order valence-corrected chi connectivity index (χ0v) is 28.5. The molecule has 1 nitrogen and oxygen atoms in total. The molecule has 0 saturated carbocycles. The fourth-order valence-corrected chi connectivity index (χ4v) is 5.79. The lowest BCUT2D eigenvalue weighted by molar-refractivity contribution is 0.390. The lowest BCUT2D eigenvalue weighted by Crippen LogP contribution is -2.23. The van der Waals surface area contributed by atoms with Gasteiger partial charge < -0.3 is 0 Å². The third-order valence-corrected chi connectivity index (χ3v) is 8.71. The number of hydrogen-bond donors (Lipinski definition) is 0. The van der Waals surface area contributed by atoms with Crippen LogP contribution in [0.4, 0.5) is 0 Å². The predicted octanol–water partition coefficient (Wildman–Crippen LogP) is 13.8. The van der Waals surface area contributed by atoms with Gasteiger partial charge in [-0.25, -0.2) is 0 Å². The Kier molecular flexibility index (Phi) is 34.2. The van der Waals surface area contributed by atoms with Crippen molar-refractivity contribution in [2.45, 2.75) is 213 Å². The van der Waals surface area contributed by atoms with Gasteiger partial charge in [0.15, 0.2) is 0 Å². The van der Waals surface area contributed by atoms with E-state index in [9.17, 15) is 0 Å². The fourth-order valence-electron chi connectivity index (χ4n) is 5.79. The van der Waals surface area contributed by atoms with E-state index in [1.807, 2.05) is 0 Å². The van der Waals surface area contributed by atoms with Crippen LogP contribution in [0.3, 0.4) is 0 Å².